The molecule has 0 saturated heterocycles. The molecule has 0 aliphatic heterocycles. The quantitative estimate of drug-likeness (QED) is 0.720. The maximum atomic E-state index is 4.32. The van der Waals surface area contributed by atoms with Crippen LogP contribution >= 0.6 is 0 Å². The summed E-state index contributed by atoms with van der Waals surface area (Å²) in [5.74, 6) is 0. The van der Waals surface area contributed by atoms with Gasteiger partial charge in [-0.05, 0) is 43.8 Å². The maximum absolute atomic E-state index is 4.32. The van der Waals surface area contributed by atoms with Crippen LogP contribution in [0.25, 0.3) is 0 Å². The van der Waals surface area contributed by atoms with Gasteiger partial charge in [0.05, 0.1) is 6.20 Å². The number of nitrogens with zero attached hydrogens (tertiary/aromatic N) is 2. The lowest BCUT2D eigenvalue weighted by molar-refractivity contribution is 0.327. The summed E-state index contributed by atoms with van der Waals surface area (Å²) in [5.41, 5.74) is 1.70. The molecule has 1 rings (SSSR count). The van der Waals surface area contributed by atoms with Gasteiger partial charge in [0.1, 0.15) is 0 Å². The molecule has 0 fully saturated rings. The second-order valence-electron chi connectivity index (χ2n) is 5.15. The van der Waals surface area contributed by atoms with Crippen LogP contribution in [0.2, 0.25) is 0 Å². The fourth-order valence-corrected chi connectivity index (χ4v) is 1.92. The molecule has 0 amide bonds. The molecular weight excluding hydrogens is 198 g/mol. The van der Waals surface area contributed by atoms with E-state index in [1.807, 2.05) is 10.9 Å². The standard InChI is InChI=1S/C13H25N3/c1-5-14-8-7-13(3,4)9-12-10-15-16(6-2)11-12/h10-11,14H,5-9H2,1-4H3. The molecule has 3 heteroatoms. The molecule has 0 aromatic carbocycles. The van der Waals surface area contributed by atoms with Crippen molar-refractivity contribution in [2.24, 2.45) is 5.41 Å². The molecule has 0 aliphatic rings. The van der Waals surface area contributed by atoms with Gasteiger partial charge in [0.25, 0.3) is 0 Å². The topological polar surface area (TPSA) is 29.9 Å². The summed E-state index contributed by atoms with van der Waals surface area (Å²) in [6, 6.07) is 0. The zero-order chi connectivity index (χ0) is 12.0. The molecule has 0 spiro atoms. The Bertz CT molecular complexity index is 302. The Kier molecular flexibility index (Phi) is 5.00. The Morgan fingerprint density at radius 2 is 2.12 bits per heavy atom. The van der Waals surface area contributed by atoms with Gasteiger partial charge >= 0.3 is 0 Å². The van der Waals surface area contributed by atoms with E-state index in [1.165, 1.54) is 12.0 Å². The molecule has 0 bridgehead atoms. The van der Waals surface area contributed by atoms with E-state index in [1.54, 1.807) is 0 Å². The van der Waals surface area contributed by atoms with Gasteiger partial charge in [-0.3, -0.25) is 4.68 Å². The second kappa shape index (κ2) is 6.04. The van der Waals surface area contributed by atoms with E-state index in [0.717, 1.165) is 26.1 Å². The van der Waals surface area contributed by atoms with E-state index in [4.69, 9.17) is 0 Å². The lowest BCUT2D eigenvalue weighted by Crippen LogP contribution is -2.23. The fourth-order valence-electron chi connectivity index (χ4n) is 1.92. The molecule has 1 heterocycles. The van der Waals surface area contributed by atoms with Gasteiger partial charge in [0.15, 0.2) is 0 Å². The first-order valence-electron chi connectivity index (χ1n) is 6.29. The molecule has 0 atom stereocenters. The van der Waals surface area contributed by atoms with Crippen molar-refractivity contribution < 1.29 is 0 Å². The van der Waals surface area contributed by atoms with Crippen LogP contribution < -0.4 is 5.32 Å². The summed E-state index contributed by atoms with van der Waals surface area (Å²) in [6.07, 6.45) is 6.48. The minimum atomic E-state index is 0.351. The van der Waals surface area contributed by atoms with Crippen molar-refractivity contribution in [1.82, 2.24) is 15.1 Å². The molecule has 0 saturated carbocycles. The van der Waals surface area contributed by atoms with Crippen molar-refractivity contribution in [3.8, 4) is 0 Å². The molecule has 1 N–H and O–H groups in total. The monoisotopic (exact) mass is 223 g/mol. The second-order valence-corrected chi connectivity index (χ2v) is 5.15. The highest BCUT2D eigenvalue weighted by atomic mass is 15.3. The first kappa shape index (κ1) is 13.2. The highest BCUT2D eigenvalue weighted by Crippen LogP contribution is 2.25. The van der Waals surface area contributed by atoms with Crippen LogP contribution in [0, 0.1) is 5.41 Å². The molecule has 92 valence electrons. The third-order valence-corrected chi connectivity index (χ3v) is 2.92. The maximum Gasteiger partial charge on any atom is 0.0521 e. The minimum absolute atomic E-state index is 0.351. The number of aryl methyl sites for hydroxylation is 1. The molecule has 1 aromatic heterocycles. The SMILES string of the molecule is CCNCCC(C)(C)Cc1cnn(CC)c1. The van der Waals surface area contributed by atoms with Crippen LogP contribution in [0.3, 0.4) is 0 Å². The zero-order valence-electron chi connectivity index (χ0n) is 11.1. The number of hydrogen-bond acceptors (Lipinski definition) is 2. The smallest absolute Gasteiger partial charge is 0.0521 e. The van der Waals surface area contributed by atoms with Crippen molar-refractivity contribution in [3.05, 3.63) is 18.0 Å². The Balaban J connectivity index is 2.44. The summed E-state index contributed by atoms with van der Waals surface area (Å²) in [5, 5.41) is 7.70. The molecule has 16 heavy (non-hydrogen) atoms. The van der Waals surface area contributed by atoms with Gasteiger partial charge in [-0.2, -0.15) is 5.10 Å². The predicted molar refractivity (Wildman–Crippen MR) is 68.5 cm³/mol. The van der Waals surface area contributed by atoms with E-state index in [9.17, 15) is 0 Å². The highest BCUT2D eigenvalue weighted by Gasteiger charge is 2.18. The third-order valence-electron chi connectivity index (χ3n) is 2.92. The van der Waals surface area contributed by atoms with Gasteiger partial charge in [-0.25, -0.2) is 0 Å². The van der Waals surface area contributed by atoms with Crippen molar-refractivity contribution >= 4 is 0 Å². The zero-order valence-corrected chi connectivity index (χ0v) is 11.1. The predicted octanol–water partition coefficient (Wildman–Crippen LogP) is 2.47. The molecule has 0 aliphatic carbocycles. The fraction of sp³-hybridized carbons (Fsp3) is 0.769. The van der Waals surface area contributed by atoms with Gasteiger partial charge in [-0.15, -0.1) is 0 Å². The highest BCUT2D eigenvalue weighted by molar-refractivity contribution is 5.06. The van der Waals surface area contributed by atoms with Crippen LogP contribution in [0.4, 0.5) is 0 Å². The van der Waals surface area contributed by atoms with Crippen molar-refractivity contribution in [2.75, 3.05) is 13.1 Å². The average molecular weight is 223 g/mol. The first-order valence-corrected chi connectivity index (χ1v) is 6.29. The summed E-state index contributed by atoms with van der Waals surface area (Å²) in [6.45, 7) is 12.0. The van der Waals surface area contributed by atoms with Gasteiger partial charge in [0.2, 0.25) is 0 Å². The van der Waals surface area contributed by atoms with E-state index in [2.05, 4.69) is 44.3 Å². The number of nitrogens with one attached hydrogen (secondary N) is 1. The summed E-state index contributed by atoms with van der Waals surface area (Å²) in [7, 11) is 0. The first-order chi connectivity index (χ1) is 7.57. The van der Waals surface area contributed by atoms with E-state index in [-0.39, 0.29) is 0 Å². The van der Waals surface area contributed by atoms with Crippen LogP contribution in [-0.4, -0.2) is 22.9 Å². The van der Waals surface area contributed by atoms with Crippen LogP contribution in [-0.2, 0) is 13.0 Å². The van der Waals surface area contributed by atoms with E-state index >= 15 is 0 Å². The minimum Gasteiger partial charge on any atom is -0.317 e. The average Bonchev–Trinajstić information content (AvgIpc) is 2.65. The molecule has 0 radical (unpaired) electrons. The van der Waals surface area contributed by atoms with Gasteiger partial charge < -0.3 is 5.32 Å². The van der Waals surface area contributed by atoms with Crippen molar-refractivity contribution in [2.45, 2.75) is 47.1 Å². The number of hydrogen-bond donors (Lipinski definition) is 1. The summed E-state index contributed by atoms with van der Waals surface area (Å²) < 4.78 is 2.00. The van der Waals surface area contributed by atoms with Gasteiger partial charge in [-0.1, -0.05) is 20.8 Å². The van der Waals surface area contributed by atoms with E-state index < -0.39 is 0 Å². The van der Waals surface area contributed by atoms with Crippen LogP contribution in [0.15, 0.2) is 12.4 Å². The normalized spacial score (nSPS) is 12.0. The lowest BCUT2D eigenvalue weighted by Gasteiger charge is -2.23. The van der Waals surface area contributed by atoms with Crippen molar-refractivity contribution in [1.29, 1.82) is 0 Å². The van der Waals surface area contributed by atoms with Crippen molar-refractivity contribution in [3.63, 3.8) is 0 Å². The number of aromatic nitrogens is 2. The van der Waals surface area contributed by atoms with E-state index in [0.29, 0.717) is 5.41 Å². The molecule has 0 unspecified atom stereocenters. The Labute approximate surface area is 99.2 Å². The third kappa shape index (κ3) is 4.35. The Morgan fingerprint density at radius 3 is 2.69 bits per heavy atom. The Hall–Kier alpha value is -0.830. The largest absolute Gasteiger partial charge is 0.317 e. The Morgan fingerprint density at radius 1 is 1.38 bits per heavy atom. The molecular formula is C13H25N3. The molecule has 1 aromatic rings. The van der Waals surface area contributed by atoms with Crippen LogP contribution in [0.1, 0.15) is 39.7 Å². The van der Waals surface area contributed by atoms with Crippen LogP contribution in [0.5, 0.6) is 0 Å². The van der Waals surface area contributed by atoms with Gasteiger partial charge in [0, 0.05) is 12.7 Å². The number of rotatable bonds is 7. The summed E-state index contributed by atoms with van der Waals surface area (Å²) >= 11 is 0. The molecule has 3 nitrogen and oxygen atoms in total. The lowest BCUT2D eigenvalue weighted by atomic mass is 9.83. The summed E-state index contributed by atoms with van der Waals surface area (Å²) in [4.78, 5) is 0.